The van der Waals surface area contributed by atoms with Gasteiger partial charge < -0.3 is 4.90 Å². The van der Waals surface area contributed by atoms with Gasteiger partial charge in [-0.1, -0.05) is 0 Å². The van der Waals surface area contributed by atoms with E-state index in [0.29, 0.717) is 23.2 Å². The molecule has 0 aromatic carbocycles. The number of sulfonamides is 1. The summed E-state index contributed by atoms with van der Waals surface area (Å²) in [4.78, 5) is 5.78. The average Bonchev–Trinajstić information content (AvgIpc) is 2.20. The third-order valence-electron chi connectivity index (χ3n) is 2.23. The summed E-state index contributed by atoms with van der Waals surface area (Å²) in [6.45, 7) is 5.29. The van der Waals surface area contributed by atoms with Gasteiger partial charge in [0, 0.05) is 25.5 Å². The highest BCUT2D eigenvalue weighted by Gasteiger charge is 2.20. The molecule has 0 fully saturated rings. The van der Waals surface area contributed by atoms with Crippen molar-refractivity contribution in [2.45, 2.75) is 18.7 Å². The molecule has 0 aliphatic heterocycles. The third kappa shape index (κ3) is 2.72. The molecule has 1 heterocycles. The van der Waals surface area contributed by atoms with Gasteiger partial charge in [-0.2, -0.15) is 0 Å². The second kappa shape index (κ2) is 5.11. The number of primary sulfonamides is 1. The summed E-state index contributed by atoms with van der Waals surface area (Å²) in [5.74, 6) is 0. The Balaban J connectivity index is 3.46. The van der Waals surface area contributed by atoms with Gasteiger partial charge in [0.2, 0.25) is 10.0 Å². The minimum absolute atomic E-state index is 0.0468. The molecule has 0 saturated carbocycles. The summed E-state index contributed by atoms with van der Waals surface area (Å²) >= 11 is 3.30. The first-order valence-corrected chi connectivity index (χ1v) is 7.17. The zero-order valence-corrected chi connectivity index (χ0v) is 11.5. The Morgan fingerprint density at radius 3 is 2.38 bits per heavy atom. The van der Waals surface area contributed by atoms with E-state index >= 15 is 0 Å². The second-order valence-electron chi connectivity index (χ2n) is 3.19. The lowest BCUT2D eigenvalue weighted by atomic mass is 10.3. The number of pyridine rings is 1. The summed E-state index contributed by atoms with van der Waals surface area (Å²) < 4.78 is 23.5. The summed E-state index contributed by atoms with van der Waals surface area (Å²) in [5.41, 5.74) is 0.572. The molecule has 0 aliphatic carbocycles. The van der Waals surface area contributed by atoms with Crippen molar-refractivity contribution in [1.82, 2.24) is 4.98 Å². The predicted octanol–water partition coefficient (Wildman–Crippen LogP) is 1.34. The van der Waals surface area contributed by atoms with Crippen molar-refractivity contribution >= 4 is 31.6 Å². The van der Waals surface area contributed by atoms with Gasteiger partial charge >= 0.3 is 0 Å². The fraction of sp³-hybridized carbons (Fsp3) is 0.444. The lowest BCUT2D eigenvalue weighted by Gasteiger charge is -2.24. The molecule has 0 saturated heterocycles. The number of nitrogens with zero attached hydrogens (tertiary/aromatic N) is 2. The van der Waals surface area contributed by atoms with Crippen LogP contribution in [0.5, 0.6) is 0 Å². The molecule has 1 rings (SSSR count). The van der Waals surface area contributed by atoms with E-state index in [9.17, 15) is 8.42 Å². The van der Waals surface area contributed by atoms with Crippen molar-refractivity contribution in [2.24, 2.45) is 5.14 Å². The Labute approximate surface area is 104 Å². The maximum atomic E-state index is 11.4. The fourth-order valence-corrected chi connectivity index (χ4v) is 2.90. The number of anilines is 1. The molecule has 1 aromatic heterocycles. The maximum Gasteiger partial charge on any atom is 0.241 e. The van der Waals surface area contributed by atoms with E-state index in [2.05, 4.69) is 20.9 Å². The first-order chi connectivity index (χ1) is 7.41. The fourth-order valence-electron chi connectivity index (χ4n) is 1.47. The molecular weight excluding hydrogens is 294 g/mol. The van der Waals surface area contributed by atoms with E-state index in [-0.39, 0.29) is 4.90 Å². The lowest BCUT2D eigenvalue weighted by molar-refractivity contribution is 0.597. The zero-order valence-electron chi connectivity index (χ0n) is 9.14. The topological polar surface area (TPSA) is 76.3 Å². The van der Waals surface area contributed by atoms with Crippen LogP contribution >= 0.6 is 15.9 Å². The monoisotopic (exact) mass is 307 g/mol. The van der Waals surface area contributed by atoms with Gasteiger partial charge in [0.05, 0.1) is 10.2 Å². The largest absolute Gasteiger partial charge is 0.370 e. The van der Waals surface area contributed by atoms with Gasteiger partial charge in [-0.25, -0.2) is 13.6 Å². The highest BCUT2D eigenvalue weighted by molar-refractivity contribution is 9.10. The van der Waals surface area contributed by atoms with E-state index in [1.165, 1.54) is 6.20 Å². The third-order valence-corrected chi connectivity index (χ3v) is 3.72. The molecule has 1 aromatic rings. The molecule has 0 radical (unpaired) electrons. The molecule has 0 spiro atoms. The van der Waals surface area contributed by atoms with Gasteiger partial charge in [0.15, 0.2) is 0 Å². The van der Waals surface area contributed by atoms with Crippen molar-refractivity contribution in [1.29, 1.82) is 0 Å². The predicted molar refractivity (Wildman–Crippen MR) is 66.9 cm³/mol. The second-order valence-corrected chi connectivity index (χ2v) is 5.57. The quantitative estimate of drug-likeness (QED) is 0.910. The first-order valence-electron chi connectivity index (χ1n) is 4.83. The Morgan fingerprint density at radius 2 is 1.94 bits per heavy atom. The Hall–Kier alpha value is -0.660. The number of aromatic nitrogens is 1. The van der Waals surface area contributed by atoms with Crippen LogP contribution in [0.1, 0.15) is 13.8 Å². The van der Waals surface area contributed by atoms with Crippen molar-refractivity contribution in [3.05, 3.63) is 16.9 Å². The summed E-state index contributed by atoms with van der Waals surface area (Å²) in [6.07, 6.45) is 2.83. The van der Waals surface area contributed by atoms with Gasteiger partial charge in [-0.15, -0.1) is 0 Å². The molecule has 0 atom stereocenters. The van der Waals surface area contributed by atoms with Crippen LogP contribution in [-0.4, -0.2) is 26.5 Å². The van der Waals surface area contributed by atoms with Crippen LogP contribution in [-0.2, 0) is 10.0 Å². The first kappa shape index (κ1) is 13.4. The molecule has 0 amide bonds. The number of halogens is 1. The van der Waals surface area contributed by atoms with E-state index in [1.807, 2.05) is 18.7 Å². The Morgan fingerprint density at radius 1 is 1.38 bits per heavy atom. The van der Waals surface area contributed by atoms with Crippen molar-refractivity contribution < 1.29 is 8.42 Å². The Kier molecular flexibility index (Phi) is 4.28. The molecule has 0 bridgehead atoms. The van der Waals surface area contributed by atoms with Crippen LogP contribution in [0.2, 0.25) is 0 Å². The van der Waals surface area contributed by atoms with E-state index in [1.54, 1.807) is 6.20 Å². The molecule has 5 nitrogen and oxygen atoms in total. The van der Waals surface area contributed by atoms with Crippen LogP contribution in [0.4, 0.5) is 5.69 Å². The van der Waals surface area contributed by atoms with Crippen LogP contribution in [0.25, 0.3) is 0 Å². The molecule has 2 N–H and O–H groups in total. The van der Waals surface area contributed by atoms with Gasteiger partial charge in [-0.3, -0.25) is 4.98 Å². The highest BCUT2D eigenvalue weighted by atomic mass is 79.9. The number of nitrogens with two attached hydrogens (primary N) is 1. The van der Waals surface area contributed by atoms with E-state index < -0.39 is 10.0 Å². The van der Waals surface area contributed by atoms with Crippen molar-refractivity contribution in [3.63, 3.8) is 0 Å². The van der Waals surface area contributed by atoms with E-state index in [0.717, 1.165) is 0 Å². The van der Waals surface area contributed by atoms with Gasteiger partial charge in [0.1, 0.15) is 4.90 Å². The molecular formula is C9H14BrN3O2S. The molecule has 0 aliphatic rings. The molecule has 90 valence electrons. The average molecular weight is 308 g/mol. The molecule has 0 unspecified atom stereocenters. The normalized spacial score (nSPS) is 11.5. The summed E-state index contributed by atoms with van der Waals surface area (Å²) in [5, 5.41) is 5.16. The highest BCUT2D eigenvalue weighted by Crippen LogP contribution is 2.31. The summed E-state index contributed by atoms with van der Waals surface area (Å²) in [7, 11) is -3.76. The number of rotatable bonds is 4. The van der Waals surface area contributed by atoms with Crippen molar-refractivity contribution in [3.8, 4) is 0 Å². The lowest BCUT2D eigenvalue weighted by Crippen LogP contribution is -2.26. The maximum absolute atomic E-state index is 11.4. The van der Waals surface area contributed by atoms with Gasteiger partial charge in [0.25, 0.3) is 0 Å². The van der Waals surface area contributed by atoms with Crippen LogP contribution in [0.3, 0.4) is 0 Å². The minimum atomic E-state index is -3.76. The smallest absolute Gasteiger partial charge is 0.241 e. The SMILES string of the molecule is CCN(CC)c1c(Br)cncc1S(N)(=O)=O. The van der Waals surface area contributed by atoms with Crippen molar-refractivity contribution in [2.75, 3.05) is 18.0 Å². The van der Waals surface area contributed by atoms with Gasteiger partial charge in [-0.05, 0) is 29.8 Å². The number of hydrogen-bond acceptors (Lipinski definition) is 4. The van der Waals surface area contributed by atoms with Crippen LogP contribution < -0.4 is 10.0 Å². The van der Waals surface area contributed by atoms with Crippen LogP contribution in [0.15, 0.2) is 21.8 Å². The molecule has 7 heteroatoms. The summed E-state index contributed by atoms with van der Waals surface area (Å²) in [6, 6.07) is 0. The van der Waals surface area contributed by atoms with E-state index in [4.69, 9.17) is 5.14 Å². The number of hydrogen-bond donors (Lipinski definition) is 1. The Bertz CT molecular complexity index is 472. The molecule has 16 heavy (non-hydrogen) atoms. The minimum Gasteiger partial charge on any atom is -0.370 e. The standard InChI is InChI=1S/C9H14BrN3O2S/c1-3-13(4-2)9-7(10)5-12-6-8(9)16(11,14)15/h5-6H,3-4H2,1-2H3,(H2,11,14,15). The van der Waals surface area contributed by atoms with Crippen LogP contribution in [0, 0.1) is 0 Å². The zero-order chi connectivity index (χ0) is 12.3.